The summed E-state index contributed by atoms with van der Waals surface area (Å²) in [6, 6.07) is 10.5. The molecule has 1 N–H and O–H groups in total. The molecule has 0 aliphatic carbocycles. The van der Waals surface area contributed by atoms with Crippen molar-refractivity contribution in [3.8, 4) is 0 Å². The summed E-state index contributed by atoms with van der Waals surface area (Å²) in [5.74, 6) is -0.206. The molecule has 1 saturated heterocycles. The number of rotatable bonds is 7. The van der Waals surface area contributed by atoms with Crippen LogP contribution in [0.4, 0.5) is 0 Å². The Hall–Kier alpha value is -2.27. The summed E-state index contributed by atoms with van der Waals surface area (Å²) >= 11 is 0. The van der Waals surface area contributed by atoms with Gasteiger partial charge in [0.15, 0.2) is 0 Å². The smallest absolute Gasteiger partial charge is 0.243 e. The average molecular weight is 494 g/mol. The Labute approximate surface area is 196 Å². The highest BCUT2D eigenvalue weighted by atomic mass is 32.2. The highest BCUT2D eigenvalue weighted by Crippen LogP contribution is 2.22. The summed E-state index contributed by atoms with van der Waals surface area (Å²) in [6.07, 6.45) is 0.00777. The fourth-order valence-electron chi connectivity index (χ4n) is 3.83. The first kappa shape index (κ1) is 25.4. The van der Waals surface area contributed by atoms with E-state index in [1.165, 1.54) is 4.31 Å². The molecule has 8 nitrogen and oxygen atoms in total. The van der Waals surface area contributed by atoms with Gasteiger partial charge in [0.05, 0.1) is 9.79 Å². The molecule has 180 valence electrons. The lowest BCUT2D eigenvalue weighted by Gasteiger charge is -2.34. The monoisotopic (exact) mass is 493 g/mol. The molecule has 0 spiro atoms. The van der Waals surface area contributed by atoms with E-state index in [1.807, 2.05) is 26.0 Å². The molecule has 0 radical (unpaired) electrons. The van der Waals surface area contributed by atoms with Crippen molar-refractivity contribution in [1.29, 1.82) is 0 Å². The van der Waals surface area contributed by atoms with Crippen molar-refractivity contribution >= 4 is 26.0 Å². The Balaban J connectivity index is 1.55. The van der Waals surface area contributed by atoms with Gasteiger partial charge in [-0.05, 0) is 62.1 Å². The van der Waals surface area contributed by atoms with Crippen molar-refractivity contribution < 1.29 is 21.6 Å². The molecule has 0 saturated carbocycles. The third-order valence-electron chi connectivity index (χ3n) is 5.82. The zero-order valence-electron chi connectivity index (χ0n) is 19.5. The van der Waals surface area contributed by atoms with Crippen LogP contribution in [-0.4, -0.2) is 64.7 Å². The van der Waals surface area contributed by atoms with Gasteiger partial charge in [0.2, 0.25) is 26.0 Å². The number of sulfonamides is 2. The largest absolute Gasteiger partial charge is 0.340 e. The first-order chi connectivity index (χ1) is 15.4. The summed E-state index contributed by atoms with van der Waals surface area (Å²) in [5.41, 5.74) is 3.04. The number of carbonyl (C=O) groups excluding carboxylic acids is 1. The molecule has 0 bridgehead atoms. The Morgan fingerprint density at radius 2 is 1.33 bits per heavy atom. The number of aryl methyl sites for hydroxylation is 4. The van der Waals surface area contributed by atoms with Gasteiger partial charge in [-0.25, -0.2) is 21.6 Å². The molecule has 1 aliphatic heterocycles. The number of benzene rings is 2. The Kier molecular flexibility index (Phi) is 7.62. The molecule has 1 aliphatic rings. The minimum atomic E-state index is -3.71. The molecule has 1 amide bonds. The van der Waals surface area contributed by atoms with Crippen LogP contribution in [0, 0.1) is 27.7 Å². The second kappa shape index (κ2) is 9.92. The normalized spacial score (nSPS) is 15.6. The van der Waals surface area contributed by atoms with Crippen LogP contribution in [0.5, 0.6) is 0 Å². The van der Waals surface area contributed by atoms with Crippen LogP contribution in [0.1, 0.15) is 28.7 Å². The van der Waals surface area contributed by atoms with E-state index in [0.717, 1.165) is 11.1 Å². The van der Waals surface area contributed by atoms with E-state index in [1.54, 1.807) is 43.0 Å². The molecule has 0 unspecified atom stereocenters. The number of nitrogens with one attached hydrogen (secondary N) is 1. The van der Waals surface area contributed by atoms with Crippen molar-refractivity contribution in [3.05, 3.63) is 58.7 Å². The molecule has 0 aromatic heterocycles. The Morgan fingerprint density at radius 1 is 0.818 bits per heavy atom. The van der Waals surface area contributed by atoms with E-state index in [0.29, 0.717) is 16.0 Å². The maximum atomic E-state index is 13.1. The summed E-state index contributed by atoms with van der Waals surface area (Å²) in [4.78, 5) is 14.7. The number of carbonyl (C=O) groups is 1. The maximum absolute atomic E-state index is 13.1. The minimum Gasteiger partial charge on any atom is -0.340 e. The molecular weight excluding hydrogens is 462 g/mol. The van der Waals surface area contributed by atoms with Crippen molar-refractivity contribution in [1.82, 2.24) is 13.9 Å². The van der Waals surface area contributed by atoms with Crippen LogP contribution in [0.2, 0.25) is 0 Å². The van der Waals surface area contributed by atoms with Gasteiger partial charge < -0.3 is 4.90 Å². The van der Waals surface area contributed by atoms with Crippen LogP contribution < -0.4 is 4.72 Å². The molecule has 1 fully saturated rings. The van der Waals surface area contributed by atoms with E-state index < -0.39 is 20.0 Å². The van der Waals surface area contributed by atoms with Gasteiger partial charge in [-0.3, -0.25) is 4.79 Å². The van der Waals surface area contributed by atoms with Gasteiger partial charge in [-0.15, -0.1) is 0 Å². The second-order valence-corrected chi connectivity index (χ2v) is 12.1. The Bertz CT molecular complexity index is 1250. The van der Waals surface area contributed by atoms with E-state index in [-0.39, 0.29) is 49.9 Å². The predicted molar refractivity (Wildman–Crippen MR) is 127 cm³/mol. The molecule has 0 atom stereocenters. The summed E-state index contributed by atoms with van der Waals surface area (Å²) in [5, 5.41) is 0. The van der Waals surface area contributed by atoms with Crippen LogP contribution in [-0.2, 0) is 24.8 Å². The topological polar surface area (TPSA) is 104 Å². The number of piperazine rings is 1. The zero-order chi connectivity index (χ0) is 24.4. The number of amides is 1. The lowest BCUT2D eigenvalue weighted by Crippen LogP contribution is -2.51. The van der Waals surface area contributed by atoms with E-state index in [9.17, 15) is 21.6 Å². The minimum absolute atomic E-state index is 0.00777. The second-order valence-electron chi connectivity index (χ2n) is 8.47. The van der Waals surface area contributed by atoms with Gasteiger partial charge in [-0.1, -0.05) is 24.3 Å². The lowest BCUT2D eigenvalue weighted by molar-refractivity contribution is -0.132. The highest BCUT2D eigenvalue weighted by Gasteiger charge is 2.31. The Morgan fingerprint density at radius 3 is 1.91 bits per heavy atom. The maximum Gasteiger partial charge on any atom is 0.243 e. The number of nitrogens with zero attached hydrogens (tertiary/aromatic N) is 2. The molecule has 3 rings (SSSR count). The molecule has 10 heteroatoms. The van der Waals surface area contributed by atoms with Gasteiger partial charge in [0.25, 0.3) is 0 Å². The van der Waals surface area contributed by atoms with Crippen molar-refractivity contribution in [3.63, 3.8) is 0 Å². The lowest BCUT2D eigenvalue weighted by atomic mass is 10.2. The fourth-order valence-corrected chi connectivity index (χ4v) is 6.92. The SMILES string of the molecule is Cc1ccc(C)c(S(=O)(=O)NCCC(=O)N2CCN(S(=O)(=O)c3cc(C)ccc3C)CC2)c1. The molecular formula is C23H31N3O5S2. The van der Waals surface area contributed by atoms with Gasteiger partial charge in [0, 0.05) is 39.1 Å². The first-order valence-electron chi connectivity index (χ1n) is 10.8. The number of hydrogen-bond acceptors (Lipinski definition) is 5. The predicted octanol–water partition coefficient (Wildman–Crippen LogP) is 2.12. The van der Waals surface area contributed by atoms with Crippen LogP contribution in [0.3, 0.4) is 0 Å². The molecule has 2 aromatic rings. The number of hydrogen-bond donors (Lipinski definition) is 1. The molecule has 1 heterocycles. The van der Waals surface area contributed by atoms with Gasteiger partial charge in [-0.2, -0.15) is 4.31 Å². The third-order valence-corrected chi connectivity index (χ3v) is 9.46. The summed E-state index contributed by atoms with van der Waals surface area (Å²) in [6.45, 7) is 8.10. The van der Waals surface area contributed by atoms with Crippen molar-refractivity contribution in [2.45, 2.75) is 43.9 Å². The fraction of sp³-hybridized carbons (Fsp3) is 0.435. The highest BCUT2D eigenvalue weighted by molar-refractivity contribution is 7.89. The van der Waals surface area contributed by atoms with Crippen LogP contribution in [0.15, 0.2) is 46.2 Å². The average Bonchev–Trinajstić information content (AvgIpc) is 2.76. The van der Waals surface area contributed by atoms with Gasteiger partial charge >= 0.3 is 0 Å². The van der Waals surface area contributed by atoms with Crippen molar-refractivity contribution in [2.24, 2.45) is 0 Å². The van der Waals surface area contributed by atoms with Gasteiger partial charge in [0.1, 0.15) is 0 Å². The quantitative estimate of drug-likeness (QED) is 0.636. The third kappa shape index (κ3) is 5.81. The molecule has 33 heavy (non-hydrogen) atoms. The van der Waals surface area contributed by atoms with E-state index in [4.69, 9.17) is 0 Å². The van der Waals surface area contributed by atoms with Crippen LogP contribution in [0.25, 0.3) is 0 Å². The van der Waals surface area contributed by atoms with E-state index >= 15 is 0 Å². The molecule has 2 aromatic carbocycles. The van der Waals surface area contributed by atoms with Crippen molar-refractivity contribution in [2.75, 3.05) is 32.7 Å². The zero-order valence-corrected chi connectivity index (χ0v) is 21.1. The summed E-state index contributed by atoms with van der Waals surface area (Å²) < 4.78 is 55.2. The standard InChI is InChI=1S/C23H31N3O5S2/c1-17-5-7-19(3)21(15-17)32(28,29)24-10-9-23(27)25-11-13-26(14-12-25)33(30,31)22-16-18(2)6-8-20(22)4/h5-8,15-16,24H,9-14H2,1-4H3. The first-order valence-corrected chi connectivity index (χ1v) is 13.8. The van der Waals surface area contributed by atoms with E-state index in [2.05, 4.69) is 4.72 Å². The van der Waals surface area contributed by atoms with Crippen LogP contribution >= 0.6 is 0 Å². The summed E-state index contributed by atoms with van der Waals surface area (Å²) in [7, 11) is -7.35.